The van der Waals surface area contributed by atoms with Crippen LogP contribution in [0.4, 0.5) is 0 Å². The van der Waals surface area contributed by atoms with Crippen molar-refractivity contribution >= 4 is 11.9 Å². The predicted octanol–water partition coefficient (Wildman–Crippen LogP) is 13.1. The fraction of sp³-hybridized carbons (Fsp3) is 0.950. The summed E-state index contributed by atoms with van der Waals surface area (Å²) in [5, 5.41) is 12.4. The maximum Gasteiger partial charge on any atom is 0.306 e. The van der Waals surface area contributed by atoms with Crippen LogP contribution in [-0.2, 0) is 9.59 Å². The molecule has 1 atom stereocenters. The minimum atomic E-state index is -0.595. The summed E-state index contributed by atoms with van der Waals surface area (Å²) in [5.41, 5.74) is 0. The van der Waals surface area contributed by atoms with Crippen LogP contribution in [-0.4, -0.2) is 23.5 Å². The van der Waals surface area contributed by atoms with Crippen LogP contribution in [0.3, 0.4) is 0 Å². The molecule has 0 saturated heterocycles. The average Bonchev–Trinajstić information content (AvgIpc) is 3.01. The Morgan fingerprint density at radius 3 is 1.14 bits per heavy atom. The number of aliphatic carboxylic acids is 1. The van der Waals surface area contributed by atoms with Gasteiger partial charge in [0.1, 0.15) is 0 Å². The lowest BCUT2D eigenvalue weighted by atomic mass is 9.95. The largest absolute Gasteiger partial charge is 0.481 e. The van der Waals surface area contributed by atoms with Gasteiger partial charge in [0.2, 0.25) is 5.91 Å². The number of hydrogen-bond acceptors (Lipinski definition) is 2. The SMILES string of the molecule is CCCCCCCCCCCCCCCCCC(=O)NCCCCCCCCCCCCCCCCC(CCCC)C(=O)O. The quantitative estimate of drug-likeness (QED) is 0.0678. The van der Waals surface area contributed by atoms with Gasteiger partial charge in [-0.3, -0.25) is 9.59 Å². The Morgan fingerprint density at radius 2 is 0.750 bits per heavy atom. The highest BCUT2D eigenvalue weighted by Crippen LogP contribution is 2.19. The molecule has 0 bridgehead atoms. The molecule has 0 heterocycles. The normalized spacial score (nSPS) is 12.0. The van der Waals surface area contributed by atoms with E-state index in [1.165, 1.54) is 167 Å². The van der Waals surface area contributed by atoms with E-state index in [1.807, 2.05) is 0 Å². The van der Waals surface area contributed by atoms with Gasteiger partial charge in [0, 0.05) is 13.0 Å². The summed E-state index contributed by atoms with van der Waals surface area (Å²) < 4.78 is 0. The zero-order valence-corrected chi connectivity index (χ0v) is 30.1. The van der Waals surface area contributed by atoms with Crippen molar-refractivity contribution in [2.45, 2.75) is 232 Å². The molecule has 0 saturated carbocycles. The molecular weight excluding hydrogens is 542 g/mol. The van der Waals surface area contributed by atoms with Crippen molar-refractivity contribution in [1.82, 2.24) is 5.32 Å². The lowest BCUT2D eigenvalue weighted by Crippen LogP contribution is -2.23. The van der Waals surface area contributed by atoms with Crippen LogP contribution < -0.4 is 5.32 Å². The van der Waals surface area contributed by atoms with E-state index in [0.717, 1.165) is 51.5 Å². The van der Waals surface area contributed by atoms with Crippen molar-refractivity contribution < 1.29 is 14.7 Å². The highest BCUT2D eigenvalue weighted by molar-refractivity contribution is 5.75. The molecule has 0 radical (unpaired) electrons. The van der Waals surface area contributed by atoms with Gasteiger partial charge in [-0.15, -0.1) is 0 Å². The van der Waals surface area contributed by atoms with Gasteiger partial charge in [-0.2, -0.15) is 0 Å². The molecule has 0 aliphatic carbocycles. The highest BCUT2D eigenvalue weighted by atomic mass is 16.4. The standard InChI is InChI=1S/C40H79NO3/c1-3-5-7-8-9-10-11-12-13-17-20-23-26-29-32-36-39(42)41-37-33-30-27-24-21-18-15-14-16-19-22-25-28-31-35-38(40(43)44)34-6-4-2/h38H,3-37H2,1-2H3,(H,41,42)(H,43,44). The monoisotopic (exact) mass is 622 g/mol. The number of carbonyl (C=O) groups excluding carboxylic acids is 1. The summed E-state index contributed by atoms with van der Waals surface area (Å²) in [4.78, 5) is 23.4. The molecule has 1 unspecified atom stereocenters. The van der Waals surface area contributed by atoms with Crippen LogP contribution in [0.2, 0.25) is 0 Å². The first-order valence-corrected chi connectivity index (χ1v) is 20.1. The Kier molecular flexibility index (Phi) is 35.5. The Balaban J connectivity index is 3.24. The first-order valence-electron chi connectivity index (χ1n) is 20.1. The molecule has 2 N–H and O–H groups in total. The predicted molar refractivity (Wildman–Crippen MR) is 192 cm³/mol. The fourth-order valence-electron chi connectivity index (χ4n) is 6.45. The van der Waals surface area contributed by atoms with Gasteiger partial charge in [-0.25, -0.2) is 0 Å². The van der Waals surface area contributed by atoms with E-state index in [-0.39, 0.29) is 11.8 Å². The molecule has 0 spiro atoms. The van der Waals surface area contributed by atoms with Crippen molar-refractivity contribution in [2.75, 3.05) is 6.54 Å². The highest BCUT2D eigenvalue weighted by Gasteiger charge is 2.15. The van der Waals surface area contributed by atoms with Crippen LogP contribution in [0.15, 0.2) is 0 Å². The second-order valence-corrected chi connectivity index (χ2v) is 14.0. The number of unbranched alkanes of at least 4 members (excludes halogenated alkanes) is 28. The van der Waals surface area contributed by atoms with Crippen molar-refractivity contribution in [3.8, 4) is 0 Å². The number of hydrogen-bond donors (Lipinski definition) is 2. The van der Waals surface area contributed by atoms with Crippen LogP contribution in [0.5, 0.6) is 0 Å². The Hall–Kier alpha value is -1.06. The van der Waals surface area contributed by atoms with Gasteiger partial charge in [0.15, 0.2) is 0 Å². The van der Waals surface area contributed by atoms with Gasteiger partial charge in [0.05, 0.1) is 5.92 Å². The number of amides is 1. The minimum Gasteiger partial charge on any atom is -0.481 e. The summed E-state index contributed by atoms with van der Waals surface area (Å²) in [5.74, 6) is -0.453. The maximum absolute atomic E-state index is 12.1. The van der Waals surface area contributed by atoms with Crippen LogP contribution in [0, 0.1) is 5.92 Å². The molecule has 0 aromatic carbocycles. The summed E-state index contributed by atoms with van der Waals surface area (Å²) >= 11 is 0. The topological polar surface area (TPSA) is 66.4 Å². The van der Waals surface area contributed by atoms with Crippen LogP contribution in [0.1, 0.15) is 232 Å². The molecule has 262 valence electrons. The third-order valence-corrected chi connectivity index (χ3v) is 9.56. The van der Waals surface area contributed by atoms with Gasteiger partial charge in [0.25, 0.3) is 0 Å². The Bertz CT molecular complexity index is 593. The molecule has 44 heavy (non-hydrogen) atoms. The number of carboxylic acid groups (broad SMARTS) is 1. The first kappa shape index (κ1) is 42.9. The summed E-state index contributed by atoms with van der Waals surface area (Å²) in [7, 11) is 0. The number of carbonyl (C=O) groups is 2. The zero-order valence-electron chi connectivity index (χ0n) is 30.1. The van der Waals surface area contributed by atoms with E-state index in [1.54, 1.807) is 0 Å². The number of carboxylic acids is 1. The van der Waals surface area contributed by atoms with E-state index in [0.29, 0.717) is 6.42 Å². The molecule has 0 aromatic rings. The first-order chi connectivity index (χ1) is 21.6. The maximum atomic E-state index is 12.1. The third kappa shape index (κ3) is 33.8. The zero-order chi connectivity index (χ0) is 32.2. The summed E-state index contributed by atoms with van der Waals surface area (Å²) in [6.07, 6.45) is 43.0. The van der Waals surface area contributed by atoms with Crippen LogP contribution in [0.25, 0.3) is 0 Å². The van der Waals surface area contributed by atoms with Gasteiger partial charge in [-0.05, 0) is 25.7 Å². The second-order valence-electron chi connectivity index (χ2n) is 14.0. The second kappa shape index (κ2) is 36.4. The van der Waals surface area contributed by atoms with Crippen molar-refractivity contribution in [3.63, 3.8) is 0 Å². The van der Waals surface area contributed by atoms with E-state index in [9.17, 15) is 14.7 Å². The van der Waals surface area contributed by atoms with Crippen molar-refractivity contribution in [1.29, 1.82) is 0 Å². The molecule has 0 aliphatic rings. The lowest BCUT2D eigenvalue weighted by molar-refractivity contribution is -0.142. The van der Waals surface area contributed by atoms with Gasteiger partial charge < -0.3 is 10.4 Å². The Labute approximate surface area is 276 Å². The van der Waals surface area contributed by atoms with E-state index < -0.39 is 5.97 Å². The molecule has 0 aliphatic heterocycles. The fourth-order valence-corrected chi connectivity index (χ4v) is 6.45. The van der Waals surface area contributed by atoms with E-state index in [4.69, 9.17) is 0 Å². The third-order valence-electron chi connectivity index (χ3n) is 9.56. The summed E-state index contributed by atoms with van der Waals surface area (Å²) in [6.45, 7) is 5.28. The molecule has 4 heteroatoms. The molecule has 1 amide bonds. The van der Waals surface area contributed by atoms with Crippen molar-refractivity contribution in [3.05, 3.63) is 0 Å². The summed E-state index contributed by atoms with van der Waals surface area (Å²) in [6, 6.07) is 0. The molecule has 0 fully saturated rings. The smallest absolute Gasteiger partial charge is 0.306 e. The van der Waals surface area contributed by atoms with Crippen molar-refractivity contribution in [2.24, 2.45) is 5.92 Å². The van der Waals surface area contributed by atoms with Crippen LogP contribution >= 0.6 is 0 Å². The average molecular weight is 622 g/mol. The Morgan fingerprint density at radius 1 is 0.432 bits per heavy atom. The molecule has 0 rings (SSSR count). The number of rotatable bonds is 37. The minimum absolute atomic E-state index is 0.116. The van der Waals surface area contributed by atoms with Gasteiger partial charge in [-0.1, -0.05) is 200 Å². The number of nitrogens with one attached hydrogen (secondary N) is 1. The lowest BCUT2D eigenvalue weighted by Gasteiger charge is -2.11. The molecule has 0 aromatic heterocycles. The molecule has 4 nitrogen and oxygen atoms in total. The van der Waals surface area contributed by atoms with Gasteiger partial charge >= 0.3 is 5.97 Å². The van der Waals surface area contributed by atoms with E-state index >= 15 is 0 Å². The van der Waals surface area contributed by atoms with E-state index in [2.05, 4.69) is 19.2 Å². The molecular formula is C40H79NO3.